The van der Waals surface area contributed by atoms with E-state index in [0.29, 0.717) is 6.04 Å². The van der Waals surface area contributed by atoms with Crippen LogP contribution in [-0.4, -0.2) is 14.7 Å². The van der Waals surface area contributed by atoms with Crippen molar-refractivity contribution in [3.05, 3.63) is 82.9 Å². The second-order valence-corrected chi connectivity index (χ2v) is 9.71. The molecule has 1 N–H and O–H groups in total. The molecule has 0 amide bonds. The molecule has 2 unspecified atom stereocenters. The van der Waals surface area contributed by atoms with Gasteiger partial charge in [-0.25, -0.2) is 0 Å². The Kier molecular flexibility index (Phi) is 5.76. The van der Waals surface area contributed by atoms with E-state index in [2.05, 4.69) is 78.0 Å². The summed E-state index contributed by atoms with van der Waals surface area (Å²) < 4.78 is 2.60. The number of aromatic nitrogens is 2. The number of hydrogen-bond acceptors (Lipinski definition) is 2. The van der Waals surface area contributed by atoms with E-state index in [-0.39, 0.29) is 12.1 Å². The lowest BCUT2D eigenvalue weighted by Gasteiger charge is -2.30. The van der Waals surface area contributed by atoms with E-state index in [9.17, 15) is 0 Å². The van der Waals surface area contributed by atoms with Crippen molar-refractivity contribution in [3.63, 3.8) is 0 Å². The molecule has 3 aromatic rings. The first kappa shape index (κ1) is 21.2. The van der Waals surface area contributed by atoms with E-state index in [1.54, 1.807) is 0 Å². The minimum absolute atomic E-state index is 0.00418. The van der Waals surface area contributed by atoms with Gasteiger partial charge in [-0.05, 0) is 87.3 Å². The van der Waals surface area contributed by atoms with Crippen molar-refractivity contribution in [2.75, 3.05) is 4.90 Å². The molecule has 1 saturated heterocycles. The second kappa shape index (κ2) is 8.70. The maximum absolute atomic E-state index is 5.91. The van der Waals surface area contributed by atoms with Gasteiger partial charge in [0.05, 0.1) is 17.8 Å². The monoisotopic (exact) mass is 444 g/mol. The molecule has 1 aliphatic heterocycles. The molecule has 4 nitrogen and oxygen atoms in total. The third-order valence-corrected chi connectivity index (χ3v) is 7.47. The Bertz CT molecular complexity index is 1110. The molecule has 1 aliphatic carbocycles. The van der Waals surface area contributed by atoms with Crippen LogP contribution in [0.3, 0.4) is 0 Å². The molecule has 1 saturated carbocycles. The lowest BCUT2D eigenvalue weighted by Crippen LogP contribution is -2.29. The smallest absolute Gasteiger partial charge is 0.174 e. The Morgan fingerprint density at radius 3 is 2.50 bits per heavy atom. The van der Waals surface area contributed by atoms with Crippen LogP contribution in [0.1, 0.15) is 78.4 Å². The largest absolute Gasteiger partial charge is 0.351 e. The first-order valence-electron chi connectivity index (χ1n) is 11.8. The molecule has 2 aromatic heterocycles. The van der Waals surface area contributed by atoms with Crippen molar-refractivity contribution in [1.29, 1.82) is 0 Å². The van der Waals surface area contributed by atoms with E-state index in [1.807, 2.05) is 12.3 Å². The zero-order chi connectivity index (χ0) is 22.2. The molecule has 5 rings (SSSR count). The molecule has 3 heterocycles. The van der Waals surface area contributed by atoms with Gasteiger partial charge in [-0.3, -0.25) is 4.98 Å². The van der Waals surface area contributed by atoms with Gasteiger partial charge in [0.25, 0.3) is 0 Å². The van der Waals surface area contributed by atoms with Crippen LogP contribution in [0.5, 0.6) is 0 Å². The van der Waals surface area contributed by atoms with Gasteiger partial charge in [0.1, 0.15) is 0 Å². The van der Waals surface area contributed by atoms with Crippen LogP contribution in [0.25, 0.3) is 0 Å². The van der Waals surface area contributed by atoms with Gasteiger partial charge >= 0.3 is 0 Å². The average molecular weight is 445 g/mol. The second-order valence-electron chi connectivity index (χ2n) is 9.32. The molecule has 0 spiro atoms. The SMILES string of the molecule is Cc1cccc(N2C(=S)NC(c3ccccn3)C2c2cc(C)n(C3CCCCC3)c2C)c1. The molecule has 0 bridgehead atoms. The van der Waals surface area contributed by atoms with Crippen LogP contribution < -0.4 is 10.2 Å². The minimum atomic E-state index is 0.00418. The summed E-state index contributed by atoms with van der Waals surface area (Å²) in [4.78, 5) is 7.01. The van der Waals surface area contributed by atoms with E-state index < -0.39 is 0 Å². The molecular weight excluding hydrogens is 412 g/mol. The van der Waals surface area contributed by atoms with Gasteiger partial charge < -0.3 is 14.8 Å². The number of thiocarbonyl (C=S) groups is 1. The normalized spacial score (nSPS) is 21.7. The highest BCUT2D eigenvalue weighted by molar-refractivity contribution is 7.80. The number of benzene rings is 1. The number of aryl methyl sites for hydroxylation is 2. The number of nitrogens with zero attached hydrogens (tertiary/aromatic N) is 3. The third kappa shape index (κ3) is 3.73. The molecule has 1 aromatic carbocycles. The van der Waals surface area contributed by atoms with Crippen LogP contribution >= 0.6 is 12.2 Å². The average Bonchev–Trinajstić information content (AvgIpc) is 3.30. The fraction of sp³-hybridized carbons (Fsp3) is 0.407. The predicted molar refractivity (Wildman–Crippen MR) is 135 cm³/mol. The summed E-state index contributed by atoms with van der Waals surface area (Å²) in [5, 5.41) is 4.37. The molecule has 32 heavy (non-hydrogen) atoms. The van der Waals surface area contributed by atoms with Gasteiger partial charge in [-0.1, -0.05) is 37.5 Å². The summed E-state index contributed by atoms with van der Waals surface area (Å²) in [5.41, 5.74) is 7.46. The van der Waals surface area contributed by atoms with Crippen molar-refractivity contribution >= 4 is 23.0 Å². The Morgan fingerprint density at radius 1 is 0.969 bits per heavy atom. The van der Waals surface area contributed by atoms with E-state index >= 15 is 0 Å². The van der Waals surface area contributed by atoms with E-state index in [4.69, 9.17) is 17.2 Å². The highest BCUT2D eigenvalue weighted by atomic mass is 32.1. The van der Waals surface area contributed by atoms with Crippen LogP contribution in [0.15, 0.2) is 54.7 Å². The van der Waals surface area contributed by atoms with Crippen LogP contribution in [-0.2, 0) is 0 Å². The molecule has 0 radical (unpaired) electrons. The van der Waals surface area contributed by atoms with Gasteiger partial charge in [-0.2, -0.15) is 0 Å². The third-order valence-electron chi connectivity index (χ3n) is 7.16. The highest BCUT2D eigenvalue weighted by Crippen LogP contribution is 2.44. The summed E-state index contributed by atoms with van der Waals surface area (Å²) in [6.07, 6.45) is 8.46. The van der Waals surface area contributed by atoms with Crippen molar-refractivity contribution in [2.45, 2.75) is 71.0 Å². The number of rotatable bonds is 4. The molecule has 166 valence electrons. The summed E-state index contributed by atoms with van der Waals surface area (Å²) in [6, 6.07) is 17.8. The Morgan fingerprint density at radius 2 is 1.78 bits per heavy atom. The number of anilines is 1. The first-order chi connectivity index (χ1) is 15.5. The first-order valence-corrected chi connectivity index (χ1v) is 12.2. The van der Waals surface area contributed by atoms with Gasteiger partial charge in [0, 0.05) is 29.3 Å². The minimum Gasteiger partial charge on any atom is -0.351 e. The summed E-state index contributed by atoms with van der Waals surface area (Å²) in [6.45, 7) is 6.69. The summed E-state index contributed by atoms with van der Waals surface area (Å²) >= 11 is 5.91. The zero-order valence-electron chi connectivity index (χ0n) is 19.2. The summed E-state index contributed by atoms with van der Waals surface area (Å²) in [7, 11) is 0. The zero-order valence-corrected chi connectivity index (χ0v) is 20.0. The van der Waals surface area contributed by atoms with Crippen LogP contribution in [0.2, 0.25) is 0 Å². The highest BCUT2D eigenvalue weighted by Gasteiger charge is 2.42. The molecule has 5 heteroatoms. The lowest BCUT2D eigenvalue weighted by molar-refractivity contribution is 0.345. The Balaban J connectivity index is 1.64. The number of nitrogens with one attached hydrogen (secondary N) is 1. The van der Waals surface area contributed by atoms with Gasteiger partial charge in [0.15, 0.2) is 5.11 Å². The molecule has 2 atom stereocenters. The maximum atomic E-state index is 5.91. The fourth-order valence-corrected chi connectivity index (χ4v) is 6.08. The standard InChI is InChI=1S/C27H32N4S/c1-18-10-9-13-22(16-18)31-26(25(29-27(31)32)24-14-7-8-15-28-24)23-17-19(2)30(20(23)3)21-11-5-4-6-12-21/h7-10,13-17,21,25-26H,4-6,11-12H2,1-3H3,(H,29,32). The van der Waals surface area contributed by atoms with Crippen molar-refractivity contribution < 1.29 is 0 Å². The lowest BCUT2D eigenvalue weighted by atomic mass is 9.94. The summed E-state index contributed by atoms with van der Waals surface area (Å²) in [5.74, 6) is 0. The molecular formula is C27H32N4S. The van der Waals surface area contributed by atoms with Crippen LogP contribution in [0.4, 0.5) is 5.69 Å². The van der Waals surface area contributed by atoms with E-state index in [0.717, 1.165) is 16.5 Å². The predicted octanol–water partition coefficient (Wildman–Crippen LogP) is 6.49. The van der Waals surface area contributed by atoms with E-state index in [1.165, 1.54) is 54.6 Å². The molecule has 2 fully saturated rings. The number of pyridine rings is 1. The van der Waals surface area contributed by atoms with Crippen molar-refractivity contribution in [1.82, 2.24) is 14.9 Å². The van der Waals surface area contributed by atoms with Crippen LogP contribution in [0, 0.1) is 20.8 Å². The quantitative estimate of drug-likeness (QED) is 0.466. The number of hydrogen-bond donors (Lipinski definition) is 1. The Labute approximate surface area is 196 Å². The topological polar surface area (TPSA) is 33.1 Å². The Hall–Kier alpha value is -2.66. The van der Waals surface area contributed by atoms with Gasteiger partial charge in [-0.15, -0.1) is 0 Å². The van der Waals surface area contributed by atoms with Gasteiger partial charge in [0.2, 0.25) is 0 Å². The van der Waals surface area contributed by atoms with Crippen molar-refractivity contribution in [3.8, 4) is 0 Å². The van der Waals surface area contributed by atoms with Crippen molar-refractivity contribution in [2.24, 2.45) is 0 Å². The molecule has 2 aliphatic rings. The maximum Gasteiger partial charge on any atom is 0.174 e. The fourth-order valence-electron chi connectivity index (χ4n) is 5.73.